The van der Waals surface area contributed by atoms with E-state index in [4.69, 9.17) is 11.6 Å². The van der Waals surface area contributed by atoms with Crippen LogP contribution in [0.3, 0.4) is 0 Å². The van der Waals surface area contributed by atoms with Crippen molar-refractivity contribution >= 4 is 27.5 Å². The first kappa shape index (κ1) is 14.7. The fourth-order valence-electron chi connectivity index (χ4n) is 0.907. The molecule has 0 aliphatic carbocycles. The lowest BCUT2D eigenvalue weighted by molar-refractivity contribution is -0.121. The summed E-state index contributed by atoms with van der Waals surface area (Å²) in [5.41, 5.74) is 0. The fraction of sp³-hybridized carbons (Fsp3) is 0.875. The highest BCUT2D eigenvalue weighted by molar-refractivity contribution is 7.88. The number of carbonyl (C=O) groups excluding carboxylic acids is 1. The van der Waals surface area contributed by atoms with Gasteiger partial charge in [-0.1, -0.05) is 0 Å². The highest BCUT2D eigenvalue weighted by Gasteiger charge is 2.01. The number of nitrogens with one attached hydrogen (secondary N) is 2. The van der Waals surface area contributed by atoms with E-state index in [0.29, 0.717) is 18.8 Å². The molecular weight excluding hydrogens is 240 g/mol. The molecule has 0 unspecified atom stereocenters. The van der Waals surface area contributed by atoms with Crippen LogP contribution in [0.4, 0.5) is 0 Å². The monoisotopic (exact) mass is 256 g/mol. The van der Waals surface area contributed by atoms with Crippen molar-refractivity contribution in [3.63, 3.8) is 0 Å². The average Bonchev–Trinajstić information content (AvgIpc) is 2.11. The molecule has 0 heterocycles. The number of sulfonamides is 1. The van der Waals surface area contributed by atoms with E-state index in [-0.39, 0.29) is 12.5 Å². The molecule has 0 fully saturated rings. The molecule has 90 valence electrons. The lowest BCUT2D eigenvalue weighted by Gasteiger charge is -2.04. The summed E-state index contributed by atoms with van der Waals surface area (Å²) in [7, 11) is -3.16. The zero-order chi connectivity index (χ0) is 11.7. The third-order valence-electron chi connectivity index (χ3n) is 1.60. The Morgan fingerprint density at radius 1 is 1.27 bits per heavy atom. The first-order valence-corrected chi connectivity index (χ1v) is 7.15. The van der Waals surface area contributed by atoms with Crippen molar-refractivity contribution in [2.24, 2.45) is 0 Å². The van der Waals surface area contributed by atoms with Gasteiger partial charge in [-0.2, -0.15) is 0 Å². The third-order valence-corrected chi connectivity index (χ3v) is 2.59. The van der Waals surface area contributed by atoms with Gasteiger partial charge in [-0.3, -0.25) is 4.79 Å². The van der Waals surface area contributed by atoms with E-state index in [1.54, 1.807) is 0 Å². The summed E-state index contributed by atoms with van der Waals surface area (Å²) in [5.74, 6) is 0.485. The minimum absolute atomic E-state index is 0.0737. The lowest BCUT2D eigenvalue weighted by atomic mass is 10.2. The van der Waals surface area contributed by atoms with Crippen LogP contribution >= 0.6 is 11.6 Å². The summed E-state index contributed by atoms with van der Waals surface area (Å²) in [6.07, 6.45) is 3.09. The van der Waals surface area contributed by atoms with Gasteiger partial charge >= 0.3 is 0 Å². The van der Waals surface area contributed by atoms with E-state index >= 15 is 0 Å². The van der Waals surface area contributed by atoms with E-state index in [9.17, 15) is 13.2 Å². The van der Waals surface area contributed by atoms with Crippen LogP contribution in [0.2, 0.25) is 0 Å². The van der Waals surface area contributed by atoms with Crippen LogP contribution in [0.25, 0.3) is 0 Å². The summed E-state index contributed by atoms with van der Waals surface area (Å²) < 4.78 is 23.6. The van der Waals surface area contributed by atoms with E-state index in [2.05, 4.69) is 10.0 Å². The molecule has 2 N–H and O–H groups in total. The first-order valence-electron chi connectivity index (χ1n) is 4.73. The molecule has 0 aliphatic rings. The van der Waals surface area contributed by atoms with Gasteiger partial charge in [-0.05, 0) is 12.8 Å². The third kappa shape index (κ3) is 11.6. The number of hydrogen-bond acceptors (Lipinski definition) is 3. The van der Waals surface area contributed by atoms with Crippen molar-refractivity contribution in [1.29, 1.82) is 0 Å². The Kier molecular flexibility index (Phi) is 7.72. The number of halogens is 1. The van der Waals surface area contributed by atoms with Gasteiger partial charge in [-0.15, -0.1) is 11.6 Å². The topological polar surface area (TPSA) is 75.3 Å². The molecule has 1 amide bonds. The Morgan fingerprint density at radius 2 is 1.93 bits per heavy atom. The largest absolute Gasteiger partial charge is 0.355 e. The molecule has 0 aromatic rings. The van der Waals surface area contributed by atoms with Gasteiger partial charge in [0.2, 0.25) is 15.9 Å². The molecule has 0 saturated heterocycles. The number of alkyl halides is 1. The van der Waals surface area contributed by atoms with Gasteiger partial charge in [0.05, 0.1) is 6.26 Å². The Labute approximate surface area is 95.6 Å². The van der Waals surface area contributed by atoms with Gasteiger partial charge in [0.25, 0.3) is 0 Å². The molecule has 0 bridgehead atoms. The Balaban J connectivity index is 3.39. The zero-order valence-corrected chi connectivity index (χ0v) is 10.3. The highest BCUT2D eigenvalue weighted by Crippen LogP contribution is 1.96. The zero-order valence-electron chi connectivity index (χ0n) is 8.75. The Bertz CT molecular complexity index is 280. The molecule has 0 atom stereocenters. The summed E-state index contributed by atoms with van der Waals surface area (Å²) in [6.45, 7) is 0.535. The Hall–Kier alpha value is -0.330. The van der Waals surface area contributed by atoms with Crippen molar-refractivity contribution in [1.82, 2.24) is 10.0 Å². The number of amides is 1. The molecule has 0 aromatic heterocycles. The smallest absolute Gasteiger partial charge is 0.220 e. The number of hydrogen-bond donors (Lipinski definition) is 2. The van der Waals surface area contributed by atoms with Gasteiger partial charge in [-0.25, -0.2) is 13.1 Å². The summed E-state index contributed by atoms with van der Waals surface area (Å²) in [6, 6.07) is 0. The predicted octanol–water partition coefficient (Wildman–Crippen LogP) is 0.0609. The molecule has 0 radical (unpaired) electrons. The minimum Gasteiger partial charge on any atom is -0.355 e. The molecule has 7 heteroatoms. The second kappa shape index (κ2) is 7.90. The van der Waals surface area contributed by atoms with Gasteiger partial charge in [0, 0.05) is 25.4 Å². The normalized spacial score (nSPS) is 11.3. The standard InChI is InChI=1S/C8H17ClN2O3S/c1-15(13,14)11-7-6-10-8(12)4-2-3-5-9/h11H,2-7H2,1H3,(H,10,12). The molecule has 0 aliphatic heterocycles. The molecule has 0 rings (SSSR count). The van der Waals surface area contributed by atoms with Crippen molar-refractivity contribution in [3.8, 4) is 0 Å². The van der Waals surface area contributed by atoms with Crippen molar-refractivity contribution in [2.75, 3.05) is 25.2 Å². The van der Waals surface area contributed by atoms with Crippen molar-refractivity contribution in [3.05, 3.63) is 0 Å². The maximum absolute atomic E-state index is 11.1. The van der Waals surface area contributed by atoms with Crippen LogP contribution < -0.4 is 10.0 Å². The minimum atomic E-state index is -3.16. The summed E-state index contributed by atoms with van der Waals surface area (Å²) >= 11 is 5.45. The van der Waals surface area contributed by atoms with Gasteiger partial charge in [0.1, 0.15) is 0 Å². The van der Waals surface area contributed by atoms with Crippen LogP contribution in [-0.4, -0.2) is 39.6 Å². The van der Waals surface area contributed by atoms with Gasteiger partial charge < -0.3 is 5.32 Å². The molecule has 15 heavy (non-hydrogen) atoms. The second-order valence-electron chi connectivity index (χ2n) is 3.16. The second-order valence-corrected chi connectivity index (χ2v) is 5.37. The van der Waals surface area contributed by atoms with E-state index in [1.165, 1.54) is 0 Å². The maximum atomic E-state index is 11.1. The average molecular weight is 257 g/mol. The van der Waals surface area contributed by atoms with Crippen LogP contribution in [0.15, 0.2) is 0 Å². The number of unbranched alkanes of at least 4 members (excludes halogenated alkanes) is 1. The lowest BCUT2D eigenvalue weighted by Crippen LogP contribution is -2.34. The molecule has 0 aromatic carbocycles. The summed E-state index contributed by atoms with van der Waals surface area (Å²) in [4.78, 5) is 11.1. The first-order chi connectivity index (χ1) is 6.95. The van der Waals surface area contributed by atoms with Crippen LogP contribution in [0.1, 0.15) is 19.3 Å². The van der Waals surface area contributed by atoms with E-state index in [0.717, 1.165) is 19.1 Å². The van der Waals surface area contributed by atoms with Crippen LogP contribution in [0, 0.1) is 0 Å². The van der Waals surface area contributed by atoms with Gasteiger partial charge in [0.15, 0.2) is 0 Å². The van der Waals surface area contributed by atoms with Crippen LogP contribution in [-0.2, 0) is 14.8 Å². The molecular formula is C8H17ClN2O3S. The van der Waals surface area contributed by atoms with Crippen molar-refractivity contribution < 1.29 is 13.2 Å². The van der Waals surface area contributed by atoms with E-state index < -0.39 is 10.0 Å². The Morgan fingerprint density at radius 3 is 2.47 bits per heavy atom. The summed E-state index contributed by atoms with van der Waals surface area (Å²) in [5, 5.41) is 2.61. The van der Waals surface area contributed by atoms with Crippen LogP contribution in [0.5, 0.6) is 0 Å². The maximum Gasteiger partial charge on any atom is 0.220 e. The SMILES string of the molecule is CS(=O)(=O)NCCNC(=O)CCCCCl. The molecule has 0 spiro atoms. The predicted molar refractivity (Wildman–Crippen MR) is 60.4 cm³/mol. The van der Waals surface area contributed by atoms with Crippen molar-refractivity contribution in [2.45, 2.75) is 19.3 Å². The molecule has 0 saturated carbocycles. The number of carbonyl (C=O) groups is 1. The highest BCUT2D eigenvalue weighted by atomic mass is 35.5. The number of rotatable bonds is 8. The fourth-order valence-corrected chi connectivity index (χ4v) is 1.57. The molecule has 5 nitrogen and oxygen atoms in total. The van der Waals surface area contributed by atoms with E-state index in [1.807, 2.05) is 0 Å². The quantitative estimate of drug-likeness (QED) is 0.476.